The van der Waals surface area contributed by atoms with Crippen LogP contribution in [-0.2, 0) is 6.54 Å². The van der Waals surface area contributed by atoms with Crippen molar-refractivity contribution in [3.8, 4) is 0 Å². The van der Waals surface area contributed by atoms with Gasteiger partial charge >= 0.3 is 0 Å². The fraction of sp³-hybridized carbons (Fsp3) is 0.450. The molecule has 2 aromatic rings. The zero-order valence-corrected chi connectivity index (χ0v) is 15.4. The van der Waals surface area contributed by atoms with Gasteiger partial charge in [0.2, 0.25) is 5.56 Å². The van der Waals surface area contributed by atoms with Crippen LogP contribution in [0.3, 0.4) is 0 Å². The first kappa shape index (κ1) is 18.3. The van der Waals surface area contributed by atoms with Gasteiger partial charge in [0.25, 0.3) is 5.91 Å². The number of aromatic nitrogens is 2. The molecular formula is C20H26N4O2. The Morgan fingerprint density at radius 3 is 2.88 bits per heavy atom. The van der Waals surface area contributed by atoms with Crippen LogP contribution in [0.25, 0.3) is 0 Å². The van der Waals surface area contributed by atoms with Crippen molar-refractivity contribution in [3.05, 3.63) is 63.8 Å². The fourth-order valence-corrected chi connectivity index (χ4v) is 3.59. The Morgan fingerprint density at radius 2 is 2.15 bits per heavy atom. The number of nitrogens with one attached hydrogen (secondary N) is 1. The third kappa shape index (κ3) is 4.58. The van der Waals surface area contributed by atoms with Crippen molar-refractivity contribution in [3.63, 3.8) is 0 Å². The van der Waals surface area contributed by atoms with Crippen molar-refractivity contribution >= 4 is 5.91 Å². The summed E-state index contributed by atoms with van der Waals surface area (Å²) in [5, 5.41) is 0. The molecule has 2 aromatic heterocycles. The molecule has 0 saturated carbocycles. The van der Waals surface area contributed by atoms with Gasteiger partial charge in [0.1, 0.15) is 0 Å². The summed E-state index contributed by atoms with van der Waals surface area (Å²) in [6, 6.07) is 9.54. The summed E-state index contributed by atoms with van der Waals surface area (Å²) < 4.78 is 0. The molecule has 1 atom stereocenters. The van der Waals surface area contributed by atoms with Crippen LogP contribution >= 0.6 is 0 Å². The Balaban J connectivity index is 1.62. The molecule has 0 spiro atoms. The molecule has 1 N–H and O–H groups in total. The monoisotopic (exact) mass is 354 g/mol. The van der Waals surface area contributed by atoms with Crippen molar-refractivity contribution in [2.75, 3.05) is 20.1 Å². The van der Waals surface area contributed by atoms with Crippen molar-refractivity contribution in [2.24, 2.45) is 0 Å². The number of pyridine rings is 2. The summed E-state index contributed by atoms with van der Waals surface area (Å²) in [6.07, 6.45) is 4.77. The van der Waals surface area contributed by atoms with E-state index in [4.69, 9.17) is 0 Å². The lowest BCUT2D eigenvalue weighted by Gasteiger charge is -2.27. The van der Waals surface area contributed by atoms with Crippen LogP contribution in [0.4, 0.5) is 0 Å². The second-order valence-electron chi connectivity index (χ2n) is 7.03. The number of hydrogen-bond acceptors (Lipinski definition) is 4. The summed E-state index contributed by atoms with van der Waals surface area (Å²) >= 11 is 0. The molecule has 1 aliphatic rings. The van der Waals surface area contributed by atoms with E-state index in [1.54, 1.807) is 13.0 Å². The molecule has 0 aromatic carbocycles. The Kier molecular flexibility index (Phi) is 5.83. The molecular weight excluding hydrogens is 328 g/mol. The number of nitrogens with zero attached hydrogens (tertiary/aromatic N) is 3. The van der Waals surface area contributed by atoms with Crippen LogP contribution in [0.5, 0.6) is 0 Å². The average Bonchev–Trinajstić information content (AvgIpc) is 2.87. The minimum atomic E-state index is -0.226. The van der Waals surface area contributed by atoms with Crippen molar-refractivity contribution in [1.82, 2.24) is 19.8 Å². The number of amides is 1. The summed E-state index contributed by atoms with van der Waals surface area (Å²) in [6.45, 7) is 4.05. The highest BCUT2D eigenvalue weighted by Crippen LogP contribution is 2.19. The molecule has 3 heterocycles. The number of hydrogen-bond donors (Lipinski definition) is 1. The smallest absolute Gasteiger partial charge is 0.254 e. The Bertz CT molecular complexity index is 803. The Labute approximate surface area is 153 Å². The third-order valence-corrected chi connectivity index (χ3v) is 4.97. The van der Waals surface area contributed by atoms with Gasteiger partial charge in [-0.3, -0.25) is 19.5 Å². The van der Waals surface area contributed by atoms with Gasteiger partial charge < -0.3 is 9.88 Å². The fourth-order valence-electron chi connectivity index (χ4n) is 3.59. The number of likely N-dealkylation sites (tertiary alicyclic amines) is 1. The molecule has 0 unspecified atom stereocenters. The van der Waals surface area contributed by atoms with E-state index in [0.717, 1.165) is 38.0 Å². The van der Waals surface area contributed by atoms with Crippen molar-refractivity contribution < 1.29 is 4.79 Å². The summed E-state index contributed by atoms with van der Waals surface area (Å²) in [4.78, 5) is 35.7. The molecule has 138 valence electrons. The van der Waals surface area contributed by atoms with Crippen LogP contribution in [0.1, 0.15) is 41.0 Å². The maximum Gasteiger partial charge on any atom is 0.254 e. The first-order valence-corrected chi connectivity index (χ1v) is 9.13. The van der Waals surface area contributed by atoms with Crippen LogP contribution in [0.2, 0.25) is 0 Å². The van der Waals surface area contributed by atoms with Gasteiger partial charge in [0.05, 0.1) is 5.69 Å². The SMILES string of the molecule is Cc1cc(C(=O)N2CCC[C@@H](N(C)Cc3ccccn3)CC2)cc(=O)[nH]1. The standard InChI is InChI=1S/C20H26N4O2/c1-15-12-16(13-19(25)22-15)20(26)24-10-5-7-18(8-11-24)23(2)14-17-6-3-4-9-21-17/h3-4,6,9,12-13,18H,5,7-8,10-11,14H2,1-2H3,(H,22,25)/t18-/m1/s1. The molecule has 6 nitrogen and oxygen atoms in total. The van der Waals surface area contributed by atoms with Gasteiger partial charge in [-0.25, -0.2) is 0 Å². The number of carbonyl (C=O) groups excluding carboxylic acids is 1. The third-order valence-electron chi connectivity index (χ3n) is 4.97. The number of rotatable bonds is 4. The molecule has 1 fully saturated rings. The van der Waals surface area contributed by atoms with Gasteiger partial charge in [-0.15, -0.1) is 0 Å². The summed E-state index contributed by atoms with van der Waals surface area (Å²) in [7, 11) is 2.12. The maximum atomic E-state index is 12.8. The lowest BCUT2D eigenvalue weighted by molar-refractivity contribution is 0.0757. The van der Waals surface area contributed by atoms with E-state index < -0.39 is 0 Å². The lowest BCUT2D eigenvalue weighted by atomic mass is 10.1. The predicted molar refractivity (Wildman–Crippen MR) is 101 cm³/mol. The molecule has 1 amide bonds. The topological polar surface area (TPSA) is 69.3 Å². The first-order valence-electron chi connectivity index (χ1n) is 9.13. The van der Waals surface area contributed by atoms with E-state index in [0.29, 0.717) is 23.8 Å². The highest BCUT2D eigenvalue weighted by Gasteiger charge is 2.24. The predicted octanol–water partition coefficient (Wildman–Crippen LogP) is 2.21. The zero-order valence-electron chi connectivity index (χ0n) is 15.4. The second-order valence-corrected chi connectivity index (χ2v) is 7.03. The lowest BCUT2D eigenvalue weighted by Crippen LogP contribution is -2.35. The molecule has 1 aliphatic heterocycles. The molecule has 3 rings (SSSR count). The van der Waals surface area contributed by atoms with E-state index in [1.165, 1.54) is 6.07 Å². The zero-order chi connectivity index (χ0) is 18.5. The number of aryl methyl sites for hydroxylation is 1. The molecule has 0 radical (unpaired) electrons. The number of aromatic amines is 1. The maximum absolute atomic E-state index is 12.8. The van der Waals surface area contributed by atoms with E-state index in [2.05, 4.69) is 21.9 Å². The largest absolute Gasteiger partial charge is 0.339 e. The van der Waals surface area contributed by atoms with Gasteiger partial charge in [-0.05, 0) is 51.4 Å². The molecule has 26 heavy (non-hydrogen) atoms. The van der Waals surface area contributed by atoms with Gasteiger partial charge in [0.15, 0.2) is 0 Å². The minimum Gasteiger partial charge on any atom is -0.339 e. The molecule has 0 aliphatic carbocycles. The minimum absolute atomic E-state index is 0.0489. The summed E-state index contributed by atoms with van der Waals surface area (Å²) in [5.41, 5.74) is 2.03. The Hall–Kier alpha value is -2.47. The average molecular weight is 354 g/mol. The van der Waals surface area contributed by atoms with Crippen LogP contribution in [-0.4, -0.2) is 51.9 Å². The molecule has 6 heteroatoms. The normalized spacial score (nSPS) is 18.0. The van der Waals surface area contributed by atoms with Crippen molar-refractivity contribution in [2.45, 2.75) is 38.8 Å². The first-order chi connectivity index (χ1) is 12.5. The Morgan fingerprint density at radius 1 is 1.31 bits per heavy atom. The molecule has 0 bridgehead atoms. The van der Waals surface area contributed by atoms with Gasteiger partial charge in [0, 0.05) is 49.2 Å². The van der Waals surface area contributed by atoms with Crippen molar-refractivity contribution in [1.29, 1.82) is 0 Å². The van der Waals surface area contributed by atoms with E-state index >= 15 is 0 Å². The second kappa shape index (κ2) is 8.27. The number of carbonyl (C=O) groups is 1. The number of H-pyrrole nitrogens is 1. The quantitative estimate of drug-likeness (QED) is 0.914. The van der Waals surface area contributed by atoms with Crippen LogP contribution in [0, 0.1) is 6.92 Å². The van der Waals surface area contributed by atoms with E-state index in [1.807, 2.05) is 29.3 Å². The van der Waals surface area contributed by atoms with E-state index in [9.17, 15) is 9.59 Å². The van der Waals surface area contributed by atoms with Crippen LogP contribution in [0.15, 0.2) is 41.3 Å². The summed E-state index contributed by atoms with van der Waals surface area (Å²) in [5.74, 6) is -0.0489. The highest BCUT2D eigenvalue weighted by atomic mass is 16.2. The molecule has 1 saturated heterocycles. The van der Waals surface area contributed by atoms with E-state index in [-0.39, 0.29) is 11.5 Å². The van der Waals surface area contributed by atoms with Gasteiger partial charge in [-0.1, -0.05) is 6.07 Å². The van der Waals surface area contributed by atoms with Crippen LogP contribution < -0.4 is 5.56 Å². The van der Waals surface area contributed by atoms with Gasteiger partial charge in [-0.2, -0.15) is 0 Å². The highest BCUT2D eigenvalue weighted by molar-refractivity contribution is 5.94.